The molecule has 0 saturated heterocycles. The van der Waals surface area contributed by atoms with Crippen LogP contribution in [0.2, 0.25) is 104 Å². The van der Waals surface area contributed by atoms with Crippen LogP contribution in [0.4, 0.5) is 0 Å². The van der Waals surface area contributed by atoms with E-state index < -0.39 is 50.4 Å². The summed E-state index contributed by atoms with van der Waals surface area (Å²) in [5.41, 5.74) is 2.83. The minimum absolute atomic E-state index is 0.0199. The fraction of sp³-hybridized carbons (Fsp3) is 0.682. The molecule has 0 saturated carbocycles. The van der Waals surface area contributed by atoms with E-state index in [-0.39, 0.29) is 11.8 Å². The Balaban J connectivity index is 1.33. The van der Waals surface area contributed by atoms with Gasteiger partial charge in [0, 0.05) is 13.1 Å². The maximum atomic E-state index is 14.5. The van der Waals surface area contributed by atoms with Crippen LogP contribution in [0.25, 0.3) is 11.4 Å². The Morgan fingerprint density at radius 1 is 0.433 bits per heavy atom. The molecule has 2 amide bonds. The van der Waals surface area contributed by atoms with Crippen LogP contribution in [0.3, 0.4) is 0 Å². The molecule has 2 aromatic heterocycles. The molecular formula is C44H80N2O6S2Si6. The van der Waals surface area contributed by atoms with Crippen LogP contribution in [0.15, 0.2) is 46.2 Å². The van der Waals surface area contributed by atoms with Crippen molar-refractivity contribution < 1.29 is 26.0 Å². The average Bonchev–Trinajstić information content (AvgIpc) is 3.88. The topological polar surface area (TPSA) is 77.5 Å². The second-order valence-electron chi connectivity index (χ2n) is 21.2. The van der Waals surface area contributed by atoms with Crippen molar-refractivity contribution in [3.63, 3.8) is 0 Å². The second kappa shape index (κ2) is 21.8. The van der Waals surface area contributed by atoms with Gasteiger partial charge in [0.1, 0.15) is 0 Å². The summed E-state index contributed by atoms with van der Waals surface area (Å²) >= 11 is 3.22. The summed E-state index contributed by atoms with van der Waals surface area (Å²) < 4.78 is 26.9. The zero-order valence-corrected chi connectivity index (χ0v) is 47.6. The molecule has 0 bridgehead atoms. The van der Waals surface area contributed by atoms with Crippen LogP contribution < -0.4 is 0 Å². The maximum Gasteiger partial charge on any atom is 0.314 e. The van der Waals surface area contributed by atoms with Gasteiger partial charge < -0.3 is 26.3 Å². The smallest absolute Gasteiger partial charge is 0.314 e. The number of amides is 2. The predicted molar refractivity (Wildman–Crippen MR) is 272 cm³/mol. The molecule has 2 aliphatic rings. The molecule has 16 heteroatoms. The van der Waals surface area contributed by atoms with Gasteiger partial charge in [0.05, 0.1) is 32.3 Å². The minimum atomic E-state index is -2.20. The molecule has 0 aromatic carbocycles. The van der Waals surface area contributed by atoms with E-state index in [1.165, 1.54) is 25.7 Å². The average molecular weight is 966 g/mol. The van der Waals surface area contributed by atoms with E-state index >= 15 is 0 Å². The normalized spacial score (nSPS) is 16.0. The van der Waals surface area contributed by atoms with Gasteiger partial charge in [0.2, 0.25) is 0 Å². The molecule has 4 heterocycles. The van der Waals surface area contributed by atoms with Gasteiger partial charge in [-0.25, -0.2) is 0 Å². The lowest BCUT2D eigenvalue weighted by molar-refractivity contribution is -0.124. The number of carbonyl (C=O) groups is 2. The SMILES string of the molecule is C[Si](C)(C)O[Si](C)(CCCCCCCCN1C(=O)C2=C(c3cccs3)N(CCCCCCCC[Si](C)(O[Si](C)(C)C)O[Si](C)(C)C)C(=O)C2=C1c1cccs1)O[Si](C)(C)C. The Kier molecular flexibility index (Phi) is 18.7. The molecule has 0 atom stereocenters. The Labute approximate surface area is 379 Å². The van der Waals surface area contributed by atoms with Gasteiger partial charge in [-0.2, -0.15) is 0 Å². The fourth-order valence-corrected chi connectivity index (χ4v) is 35.6. The molecule has 8 nitrogen and oxygen atoms in total. The van der Waals surface area contributed by atoms with E-state index in [1.807, 2.05) is 32.7 Å². The number of rotatable bonds is 28. The zero-order valence-electron chi connectivity index (χ0n) is 39.9. The number of fused-ring (bicyclic) bond motifs is 1. The number of hydrogen-bond donors (Lipinski definition) is 0. The van der Waals surface area contributed by atoms with Crippen molar-refractivity contribution in [1.82, 2.24) is 9.80 Å². The quantitative estimate of drug-likeness (QED) is 0.0625. The van der Waals surface area contributed by atoms with Gasteiger partial charge in [-0.3, -0.25) is 9.59 Å². The van der Waals surface area contributed by atoms with Gasteiger partial charge in [-0.15, -0.1) is 22.7 Å². The van der Waals surface area contributed by atoms with Crippen molar-refractivity contribution in [2.24, 2.45) is 0 Å². The van der Waals surface area contributed by atoms with Crippen molar-refractivity contribution >= 4 is 96.3 Å². The van der Waals surface area contributed by atoms with Gasteiger partial charge in [0.25, 0.3) is 11.8 Å². The van der Waals surface area contributed by atoms with Crippen LogP contribution in [-0.2, 0) is 26.0 Å². The molecule has 4 rings (SSSR count). The Hall–Kier alpha value is -1.04. The van der Waals surface area contributed by atoms with E-state index in [4.69, 9.17) is 16.5 Å². The molecule has 0 aliphatic carbocycles. The molecule has 0 fully saturated rings. The lowest BCUT2D eigenvalue weighted by Gasteiger charge is -2.38. The Morgan fingerprint density at radius 2 is 0.717 bits per heavy atom. The number of thiophene rings is 2. The largest absolute Gasteiger partial charge is 0.437 e. The van der Waals surface area contributed by atoms with Crippen molar-refractivity contribution in [2.75, 3.05) is 13.1 Å². The highest BCUT2D eigenvalue weighted by molar-refractivity contribution is 7.11. The van der Waals surface area contributed by atoms with Crippen molar-refractivity contribution in [1.29, 1.82) is 0 Å². The maximum absolute atomic E-state index is 14.5. The third-order valence-corrected chi connectivity index (χ3v) is 31.3. The van der Waals surface area contributed by atoms with Gasteiger partial charge in [-0.1, -0.05) is 76.3 Å². The van der Waals surface area contributed by atoms with Gasteiger partial charge in [-0.05, 0) is 139 Å². The molecule has 0 radical (unpaired) electrons. The Morgan fingerprint density at radius 3 is 0.983 bits per heavy atom. The molecule has 0 unspecified atom stereocenters. The third-order valence-electron chi connectivity index (χ3n) is 10.3. The molecule has 0 N–H and O–H groups in total. The van der Waals surface area contributed by atoms with Crippen LogP contribution in [0.5, 0.6) is 0 Å². The summed E-state index contributed by atoms with van der Waals surface area (Å²) in [6.07, 6.45) is 13.1. The number of nitrogens with zero attached hydrogens (tertiary/aromatic N) is 2. The Bertz CT molecular complexity index is 1600. The lowest BCUT2D eigenvalue weighted by Crippen LogP contribution is -2.52. The van der Waals surface area contributed by atoms with E-state index in [2.05, 4.69) is 104 Å². The van der Waals surface area contributed by atoms with E-state index in [0.29, 0.717) is 24.2 Å². The molecule has 0 spiro atoms. The molecule has 60 heavy (non-hydrogen) atoms. The van der Waals surface area contributed by atoms with Crippen molar-refractivity contribution in [3.8, 4) is 0 Å². The highest BCUT2D eigenvalue weighted by atomic mass is 32.1. The number of hydrogen-bond acceptors (Lipinski definition) is 8. The first-order valence-electron chi connectivity index (χ1n) is 22.8. The summed E-state index contributed by atoms with van der Waals surface area (Å²) in [6.45, 7) is 33.1. The molecular weight excluding hydrogens is 885 g/mol. The standard InChI is InChI=1S/C44H80N2O6S2Si6/c1-55(2,3)49-59(13,50-56(4,5)6)35-25-21-17-15-19-23-31-45-41(37-29-27-33-53-37)39-40(43(45)47)42(38-30-28-34-54-38)46(44(39)48)32-24-20-16-18-22-26-36-60(14,51-57(7,8)9)52-58(10,11)12/h27-30,33-34H,15-26,31-32,35-36H2,1-14H3. The van der Waals surface area contributed by atoms with Crippen molar-refractivity contribution in [2.45, 2.75) is 181 Å². The van der Waals surface area contributed by atoms with E-state index in [0.717, 1.165) is 84.6 Å². The van der Waals surface area contributed by atoms with E-state index in [9.17, 15) is 9.59 Å². The number of unbranched alkanes of at least 4 members (excludes halogenated alkanes) is 10. The lowest BCUT2D eigenvalue weighted by atomic mass is 10.1. The van der Waals surface area contributed by atoms with Crippen molar-refractivity contribution in [3.05, 3.63) is 55.9 Å². The summed E-state index contributed by atoms with van der Waals surface area (Å²) in [6, 6.07) is 10.3. The van der Waals surface area contributed by atoms with Gasteiger partial charge in [0.15, 0.2) is 33.3 Å². The fourth-order valence-electron chi connectivity index (χ4n) is 8.84. The molecule has 338 valence electrons. The predicted octanol–water partition coefficient (Wildman–Crippen LogP) is 13.8. The van der Waals surface area contributed by atoms with Crippen LogP contribution >= 0.6 is 22.7 Å². The molecule has 2 aromatic rings. The van der Waals surface area contributed by atoms with Gasteiger partial charge >= 0.3 is 17.1 Å². The summed E-state index contributed by atoms with van der Waals surface area (Å²) in [5.74, 6) is -0.0399. The van der Waals surface area contributed by atoms with Crippen LogP contribution in [-0.4, -0.2) is 85.1 Å². The van der Waals surface area contributed by atoms with Crippen LogP contribution in [0, 0.1) is 0 Å². The van der Waals surface area contributed by atoms with Crippen LogP contribution in [0.1, 0.15) is 86.8 Å². The molecule has 2 aliphatic heterocycles. The third kappa shape index (κ3) is 16.2. The summed E-state index contributed by atoms with van der Waals surface area (Å²) in [7, 11) is -11.2. The monoisotopic (exact) mass is 964 g/mol. The zero-order chi connectivity index (χ0) is 44.6. The first-order chi connectivity index (χ1) is 27.8. The highest BCUT2D eigenvalue weighted by Crippen LogP contribution is 2.48. The first-order valence-corrected chi connectivity index (χ1v) is 43.3. The first kappa shape index (κ1) is 51.6. The van der Waals surface area contributed by atoms with E-state index in [1.54, 1.807) is 22.7 Å². The summed E-state index contributed by atoms with van der Waals surface area (Å²) in [5, 5.41) is 4.09. The summed E-state index contributed by atoms with van der Waals surface area (Å²) in [4.78, 5) is 34.9. The second-order valence-corrected chi connectivity index (χ2v) is 48.8. The minimum Gasteiger partial charge on any atom is -0.437 e. The number of carbonyl (C=O) groups excluding carboxylic acids is 2. The highest BCUT2D eigenvalue weighted by Gasteiger charge is 2.49.